The summed E-state index contributed by atoms with van der Waals surface area (Å²) >= 11 is 3.32. The summed E-state index contributed by atoms with van der Waals surface area (Å²) in [7, 11) is 0. The average Bonchev–Trinajstić information content (AvgIpc) is 2.30. The maximum atomic E-state index is 12.7. The molecule has 2 rings (SSSR count). The van der Waals surface area contributed by atoms with Crippen LogP contribution in [0.4, 0.5) is 4.39 Å². The maximum Gasteiger partial charge on any atom is 0.126 e. The van der Waals surface area contributed by atoms with Crippen LogP contribution in [0, 0.1) is 5.82 Å². The Morgan fingerprint density at radius 2 is 1.82 bits per heavy atom. The Kier molecular flexibility index (Phi) is 3.64. The van der Waals surface area contributed by atoms with Crippen LogP contribution in [0.25, 0.3) is 0 Å². The van der Waals surface area contributed by atoms with Gasteiger partial charge in [0.15, 0.2) is 0 Å². The Morgan fingerprint density at radius 3 is 2.47 bits per heavy atom. The van der Waals surface area contributed by atoms with Crippen LogP contribution < -0.4 is 4.74 Å². The van der Waals surface area contributed by atoms with Gasteiger partial charge >= 0.3 is 0 Å². The highest BCUT2D eigenvalue weighted by Gasteiger charge is 2.03. The predicted octanol–water partition coefficient (Wildman–Crippen LogP) is 3.87. The van der Waals surface area contributed by atoms with Gasteiger partial charge in [-0.1, -0.05) is 15.9 Å². The molecular weight excluding hydrogens is 287 g/mol. The zero-order chi connectivity index (χ0) is 12.3. The molecule has 0 aromatic heterocycles. The van der Waals surface area contributed by atoms with Gasteiger partial charge in [0.1, 0.15) is 23.9 Å². The molecule has 17 heavy (non-hydrogen) atoms. The highest BCUT2D eigenvalue weighted by atomic mass is 79.9. The largest absolute Gasteiger partial charge is 0.507 e. The molecule has 0 aliphatic carbocycles. The molecule has 0 spiro atoms. The van der Waals surface area contributed by atoms with Gasteiger partial charge in [-0.05, 0) is 36.4 Å². The molecule has 0 saturated carbocycles. The molecule has 0 aliphatic heterocycles. The van der Waals surface area contributed by atoms with Gasteiger partial charge in [-0.3, -0.25) is 0 Å². The Balaban J connectivity index is 2.04. The quantitative estimate of drug-likeness (QED) is 0.931. The van der Waals surface area contributed by atoms with Crippen LogP contribution in [0.15, 0.2) is 46.9 Å². The molecule has 88 valence electrons. The number of hydrogen-bond donors (Lipinski definition) is 1. The molecule has 0 saturated heterocycles. The van der Waals surface area contributed by atoms with E-state index in [4.69, 9.17) is 4.74 Å². The summed E-state index contributed by atoms with van der Waals surface area (Å²) in [6.45, 7) is 0.202. The van der Waals surface area contributed by atoms with Crippen molar-refractivity contribution in [2.45, 2.75) is 6.61 Å². The van der Waals surface area contributed by atoms with E-state index in [1.54, 1.807) is 0 Å². The van der Waals surface area contributed by atoms with Gasteiger partial charge in [0, 0.05) is 16.1 Å². The first-order valence-electron chi connectivity index (χ1n) is 5.01. The molecule has 1 N–H and O–H groups in total. The van der Waals surface area contributed by atoms with Crippen molar-refractivity contribution in [3.8, 4) is 11.5 Å². The summed E-state index contributed by atoms with van der Waals surface area (Å²) in [6.07, 6.45) is 0. The van der Waals surface area contributed by atoms with Crippen LogP contribution in [0.2, 0.25) is 0 Å². The third-order valence-electron chi connectivity index (χ3n) is 2.26. The van der Waals surface area contributed by atoms with Gasteiger partial charge in [-0.15, -0.1) is 0 Å². The van der Waals surface area contributed by atoms with Gasteiger partial charge in [-0.25, -0.2) is 4.39 Å². The summed E-state index contributed by atoms with van der Waals surface area (Å²) < 4.78 is 19.2. The highest BCUT2D eigenvalue weighted by molar-refractivity contribution is 9.10. The summed E-state index contributed by atoms with van der Waals surface area (Å²) in [4.78, 5) is 0. The summed E-state index contributed by atoms with van der Waals surface area (Å²) in [5.74, 6) is 0.133. The van der Waals surface area contributed by atoms with Crippen molar-refractivity contribution in [2.75, 3.05) is 0 Å². The lowest BCUT2D eigenvalue weighted by Crippen LogP contribution is -1.96. The fraction of sp³-hybridized carbons (Fsp3) is 0.0769. The third-order valence-corrected chi connectivity index (χ3v) is 2.78. The van der Waals surface area contributed by atoms with Gasteiger partial charge < -0.3 is 9.84 Å². The van der Waals surface area contributed by atoms with E-state index < -0.39 is 5.82 Å². The fourth-order valence-electron chi connectivity index (χ4n) is 1.35. The zero-order valence-corrected chi connectivity index (χ0v) is 10.4. The summed E-state index contributed by atoms with van der Waals surface area (Å²) in [5.41, 5.74) is 0.550. The van der Waals surface area contributed by atoms with E-state index in [1.165, 1.54) is 12.1 Å². The van der Waals surface area contributed by atoms with E-state index >= 15 is 0 Å². The fourth-order valence-corrected chi connectivity index (χ4v) is 1.62. The highest BCUT2D eigenvalue weighted by Crippen LogP contribution is 2.21. The second kappa shape index (κ2) is 5.19. The van der Waals surface area contributed by atoms with Crippen molar-refractivity contribution >= 4 is 15.9 Å². The van der Waals surface area contributed by atoms with Crippen molar-refractivity contribution in [3.05, 3.63) is 58.3 Å². The Hall–Kier alpha value is -1.55. The molecule has 0 fully saturated rings. The van der Waals surface area contributed by atoms with E-state index in [1.807, 2.05) is 24.3 Å². The topological polar surface area (TPSA) is 29.5 Å². The maximum absolute atomic E-state index is 12.7. The van der Waals surface area contributed by atoms with Gasteiger partial charge in [-0.2, -0.15) is 0 Å². The van der Waals surface area contributed by atoms with Crippen molar-refractivity contribution in [1.29, 1.82) is 0 Å². The zero-order valence-electron chi connectivity index (χ0n) is 8.86. The summed E-state index contributed by atoms with van der Waals surface area (Å²) in [5, 5.41) is 9.49. The van der Waals surface area contributed by atoms with Gasteiger partial charge in [0.05, 0.1) is 0 Å². The second-order valence-electron chi connectivity index (χ2n) is 3.52. The SMILES string of the molecule is Oc1cc(F)ccc1COc1ccc(Br)cc1. The number of benzene rings is 2. The molecule has 2 nitrogen and oxygen atoms in total. The molecule has 0 radical (unpaired) electrons. The Morgan fingerprint density at radius 1 is 1.12 bits per heavy atom. The number of phenols is 1. The number of ether oxygens (including phenoxy) is 1. The van der Waals surface area contributed by atoms with Crippen molar-refractivity contribution in [3.63, 3.8) is 0 Å². The lowest BCUT2D eigenvalue weighted by molar-refractivity contribution is 0.298. The molecule has 0 amide bonds. The number of aromatic hydroxyl groups is 1. The van der Waals surface area contributed by atoms with E-state index in [0.29, 0.717) is 11.3 Å². The molecule has 0 unspecified atom stereocenters. The number of phenolic OH excluding ortho intramolecular Hbond substituents is 1. The van der Waals surface area contributed by atoms with E-state index in [0.717, 1.165) is 10.5 Å². The van der Waals surface area contributed by atoms with Crippen LogP contribution in [-0.4, -0.2) is 5.11 Å². The van der Waals surface area contributed by atoms with E-state index in [-0.39, 0.29) is 12.4 Å². The van der Waals surface area contributed by atoms with Crippen LogP contribution in [0.5, 0.6) is 11.5 Å². The first kappa shape index (κ1) is 11.9. The predicted molar refractivity (Wildman–Crippen MR) is 66.5 cm³/mol. The Labute approximate surface area is 107 Å². The normalized spacial score (nSPS) is 10.2. The minimum Gasteiger partial charge on any atom is -0.507 e. The monoisotopic (exact) mass is 296 g/mol. The molecule has 0 heterocycles. The number of rotatable bonds is 3. The summed E-state index contributed by atoms with van der Waals surface area (Å²) in [6, 6.07) is 11.2. The standard InChI is InChI=1S/C13H10BrFO2/c14-10-2-5-12(6-3-10)17-8-9-1-4-11(15)7-13(9)16/h1-7,16H,8H2. The lowest BCUT2D eigenvalue weighted by Gasteiger charge is -2.07. The third kappa shape index (κ3) is 3.20. The molecular formula is C13H10BrFO2. The first-order valence-corrected chi connectivity index (χ1v) is 5.80. The van der Waals surface area contributed by atoms with E-state index in [9.17, 15) is 9.50 Å². The van der Waals surface area contributed by atoms with Crippen molar-refractivity contribution < 1.29 is 14.2 Å². The smallest absolute Gasteiger partial charge is 0.126 e. The van der Waals surface area contributed by atoms with Crippen molar-refractivity contribution in [1.82, 2.24) is 0 Å². The van der Waals surface area contributed by atoms with Crippen LogP contribution in [0.1, 0.15) is 5.56 Å². The van der Waals surface area contributed by atoms with Crippen LogP contribution >= 0.6 is 15.9 Å². The van der Waals surface area contributed by atoms with Gasteiger partial charge in [0.2, 0.25) is 0 Å². The molecule has 4 heteroatoms. The first-order chi connectivity index (χ1) is 8.15. The van der Waals surface area contributed by atoms with E-state index in [2.05, 4.69) is 15.9 Å². The van der Waals surface area contributed by atoms with Crippen LogP contribution in [-0.2, 0) is 6.61 Å². The molecule has 2 aromatic carbocycles. The number of halogens is 2. The average molecular weight is 297 g/mol. The Bertz CT molecular complexity index is 511. The molecule has 0 bridgehead atoms. The lowest BCUT2D eigenvalue weighted by atomic mass is 10.2. The molecule has 0 aliphatic rings. The van der Waals surface area contributed by atoms with Crippen molar-refractivity contribution in [2.24, 2.45) is 0 Å². The minimum absolute atomic E-state index is 0.0953. The van der Waals surface area contributed by atoms with Crippen LogP contribution in [0.3, 0.4) is 0 Å². The minimum atomic E-state index is -0.463. The molecule has 0 atom stereocenters. The number of hydrogen-bond acceptors (Lipinski definition) is 2. The van der Waals surface area contributed by atoms with Gasteiger partial charge in [0.25, 0.3) is 0 Å². The molecule has 2 aromatic rings. The second-order valence-corrected chi connectivity index (χ2v) is 4.43.